The molecule has 6 heteroatoms. The Morgan fingerprint density at radius 1 is 0.935 bits per heavy atom. The van der Waals surface area contributed by atoms with Crippen LogP contribution in [0.25, 0.3) is 16.7 Å². The SMILES string of the molecule is C#Cc1nc2cc(N3CCOCC3)ccc2n1-c1ccc(NSc2ccccc2)cc1. The Labute approximate surface area is 186 Å². The molecule has 5 rings (SSSR count). The maximum Gasteiger partial charge on any atom is 0.190 e. The van der Waals surface area contributed by atoms with Crippen LogP contribution in [0.15, 0.2) is 77.7 Å². The van der Waals surface area contributed by atoms with Crippen LogP contribution in [0.4, 0.5) is 11.4 Å². The van der Waals surface area contributed by atoms with Gasteiger partial charge in [-0.25, -0.2) is 4.98 Å². The van der Waals surface area contributed by atoms with Crippen LogP contribution in [0.1, 0.15) is 5.82 Å². The van der Waals surface area contributed by atoms with Crippen molar-refractivity contribution in [2.75, 3.05) is 35.9 Å². The molecule has 1 aromatic heterocycles. The fourth-order valence-corrected chi connectivity index (χ4v) is 4.40. The first-order valence-corrected chi connectivity index (χ1v) is 11.0. The minimum absolute atomic E-state index is 0.605. The van der Waals surface area contributed by atoms with Gasteiger partial charge in [0.05, 0.1) is 24.2 Å². The fourth-order valence-electron chi connectivity index (χ4n) is 3.73. The van der Waals surface area contributed by atoms with E-state index in [1.54, 1.807) is 11.9 Å². The third-order valence-electron chi connectivity index (χ3n) is 5.30. The van der Waals surface area contributed by atoms with E-state index >= 15 is 0 Å². The number of hydrogen-bond acceptors (Lipinski definition) is 5. The Balaban J connectivity index is 1.41. The molecular weight excluding hydrogens is 404 g/mol. The van der Waals surface area contributed by atoms with E-state index in [1.807, 2.05) is 22.8 Å². The third kappa shape index (κ3) is 4.11. The minimum Gasteiger partial charge on any atom is -0.378 e. The molecule has 1 saturated heterocycles. The lowest BCUT2D eigenvalue weighted by Gasteiger charge is -2.28. The largest absolute Gasteiger partial charge is 0.378 e. The summed E-state index contributed by atoms with van der Waals surface area (Å²) in [6.45, 7) is 3.30. The number of morpholine rings is 1. The van der Waals surface area contributed by atoms with E-state index in [0.717, 1.165) is 59.3 Å². The monoisotopic (exact) mass is 426 g/mol. The smallest absolute Gasteiger partial charge is 0.190 e. The number of hydrogen-bond donors (Lipinski definition) is 1. The van der Waals surface area contributed by atoms with Crippen LogP contribution in [0, 0.1) is 12.3 Å². The molecule has 5 nitrogen and oxygen atoms in total. The first-order chi connectivity index (χ1) is 15.3. The molecule has 4 aromatic rings. The average molecular weight is 427 g/mol. The van der Waals surface area contributed by atoms with Gasteiger partial charge in [0.2, 0.25) is 0 Å². The number of nitrogens with one attached hydrogen (secondary N) is 1. The van der Waals surface area contributed by atoms with Gasteiger partial charge in [0, 0.05) is 35.0 Å². The van der Waals surface area contributed by atoms with Crippen molar-refractivity contribution in [1.29, 1.82) is 0 Å². The summed E-state index contributed by atoms with van der Waals surface area (Å²) in [6, 6.07) is 24.8. The summed E-state index contributed by atoms with van der Waals surface area (Å²) < 4.78 is 10.9. The van der Waals surface area contributed by atoms with Crippen molar-refractivity contribution in [3.05, 3.63) is 78.6 Å². The van der Waals surface area contributed by atoms with Gasteiger partial charge >= 0.3 is 0 Å². The Morgan fingerprint density at radius 2 is 1.68 bits per heavy atom. The molecule has 1 fully saturated rings. The number of rotatable bonds is 5. The predicted molar refractivity (Wildman–Crippen MR) is 128 cm³/mol. The minimum atomic E-state index is 0.605. The van der Waals surface area contributed by atoms with E-state index in [0.29, 0.717) is 5.82 Å². The molecule has 0 amide bonds. The number of aromatic nitrogens is 2. The quantitative estimate of drug-likeness (QED) is 0.361. The first kappa shape index (κ1) is 19.6. The van der Waals surface area contributed by atoms with Crippen LogP contribution in [0.5, 0.6) is 0 Å². The molecule has 154 valence electrons. The zero-order valence-electron chi connectivity index (χ0n) is 17.0. The van der Waals surface area contributed by atoms with Crippen molar-refractivity contribution in [3.63, 3.8) is 0 Å². The Bertz CT molecular complexity index is 1220. The van der Waals surface area contributed by atoms with E-state index in [9.17, 15) is 0 Å². The van der Waals surface area contributed by atoms with Gasteiger partial charge in [-0.1, -0.05) is 18.2 Å². The molecule has 0 aliphatic carbocycles. The number of benzene rings is 3. The zero-order valence-corrected chi connectivity index (χ0v) is 17.8. The number of nitrogens with zero attached hydrogens (tertiary/aromatic N) is 3. The summed E-state index contributed by atoms with van der Waals surface area (Å²) in [5.41, 5.74) is 5.08. The predicted octanol–water partition coefficient (Wildman–Crippen LogP) is 4.96. The van der Waals surface area contributed by atoms with Crippen molar-refractivity contribution in [1.82, 2.24) is 9.55 Å². The molecule has 0 spiro atoms. The van der Waals surface area contributed by atoms with Gasteiger partial charge in [-0.05, 0) is 72.5 Å². The van der Waals surface area contributed by atoms with Crippen molar-refractivity contribution >= 4 is 34.4 Å². The number of fused-ring (bicyclic) bond motifs is 1. The summed E-state index contributed by atoms with van der Waals surface area (Å²) in [4.78, 5) is 8.20. The van der Waals surface area contributed by atoms with Crippen molar-refractivity contribution in [2.45, 2.75) is 4.90 Å². The highest BCUT2D eigenvalue weighted by molar-refractivity contribution is 8.00. The highest BCUT2D eigenvalue weighted by Gasteiger charge is 2.15. The lowest BCUT2D eigenvalue weighted by molar-refractivity contribution is 0.122. The summed E-state index contributed by atoms with van der Waals surface area (Å²) in [7, 11) is 0. The average Bonchev–Trinajstić information content (AvgIpc) is 3.22. The molecule has 1 N–H and O–H groups in total. The van der Waals surface area contributed by atoms with Crippen molar-refractivity contribution in [2.24, 2.45) is 0 Å². The molecule has 0 unspecified atom stereocenters. The number of terminal acetylenes is 1. The molecule has 1 aliphatic rings. The molecule has 31 heavy (non-hydrogen) atoms. The Hall–Kier alpha value is -3.40. The molecule has 3 aromatic carbocycles. The third-order valence-corrected chi connectivity index (χ3v) is 6.14. The van der Waals surface area contributed by atoms with E-state index in [4.69, 9.17) is 16.1 Å². The zero-order chi connectivity index (χ0) is 21.0. The highest BCUT2D eigenvalue weighted by Crippen LogP contribution is 2.28. The lowest BCUT2D eigenvalue weighted by atomic mass is 10.2. The Kier molecular flexibility index (Phi) is 5.53. The van der Waals surface area contributed by atoms with E-state index < -0.39 is 0 Å². The summed E-state index contributed by atoms with van der Waals surface area (Å²) in [5, 5.41) is 0. The van der Waals surface area contributed by atoms with Crippen LogP contribution in [0.3, 0.4) is 0 Å². The van der Waals surface area contributed by atoms with Gasteiger partial charge in [-0.3, -0.25) is 4.57 Å². The van der Waals surface area contributed by atoms with Gasteiger partial charge < -0.3 is 14.4 Å². The molecule has 0 saturated carbocycles. The first-order valence-electron chi connectivity index (χ1n) is 10.2. The maximum absolute atomic E-state index is 5.80. The van der Waals surface area contributed by atoms with Crippen LogP contribution in [-0.2, 0) is 4.74 Å². The molecular formula is C25H22N4OS. The van der Waals surface area contributed by atoms with Gasteiger partial charge in [0.15, 0.2) is 5.82 Å². The van der Waals surface area contributed by atoms with Crippen LogP contribution >= 0.6 is 11.9 Å². The number of anilines is 2. The van der Waals surface area contributed by atoms with Gasteiger partial charge in [0.1, 0.15) is 0 Å². The van der Waals surface area contributed by atoms with Gasteiger partial charge in [-0.15, -0.1) is 6.42 Å². The summed E-state index contributed by atoms with van der Waals surface area (Å²) in [5.74, 6) is 3.35. The summed E-state index contributed by atoms with van der Waals surface area (Å²) in [6.07, 6.45) is 5.80. The normalized spacial score (nSPS) is 13.8. The second kappa shape index (κ2) is 8.76. The molecule has 0 bridgehead atoms. The lowest BCUT2D eigenvalue weighted by Crippen LogP contribution is -2.36. The number of ether oxygens (including phenoxy) is 1. The standard InChI is InChI=1S/C25H22N4OS/c1-2-25-26-23-18-21(28-14-16-30-17-15-28)12-13-24(23)29(25)20-10-8-19(9-11-20)27-31-22-6-4-3-5-7-22/h1,3-13,18,27H,14-17H2. The fraction of sp³-hybridized carbons (Fsp3) is 0.160. The van der Waals surface area contributed by atoms with Gasteiger partial charge in [0.25, 0.3) is 0 Å². The molecule has 2 heterocycles. The number of imidazole rings is 1. The van der Waals surface area contributed by atoms with Crippen LogP contribution in [0.2, 0.25) is 0 Å². The van der Waals surface area contributed by atoms with Crippen LogP contribution < -0.4 is 9.62 Å². The summed E-state index contributed by atoms with van der Waals surface area (Å²) >= 11 is 1.59. The second-order valence-electron chi connectivity index (χ2n) is 7.25. The van der Waals surface area contributed by atoms with E-state index in [2.05, 4.69) is 70.1 Å². The molecule has 1 aliphatic heterocycles. The molecule has 0 atom stereocenters. The topological polar surface area (TPSA) is 42.3 Å². The highest BCUT2D eigenvalue weighted by atomic mass is 32.2. The van der Waals surface area contributed by atoms with Crippen molar-refractivity contribution < 1.29 is 4.74 Å². The van der Waals surface area contributed by atoms with E-state index in [1.165, 1.54) is 0 Å². The van der Waals surface area contributed by atoms with E-state index in [-0.39, 0.29) is 0 Å². The van der Waals surface area contributed by atoms with Crippen molar-refractivity contribution in [3.8, 4) is 18.0 Å². The van der Waals surface area contributed by atoms with Crippen LogP contribution in [-0.4, -0.2) is 35.9 Å². The van der Waals surface area contributed by atoms with Gasteiger partial charge in [-0.2, -0.15) is 0 Å². The second-order valence-corrected chi connectivity index (χ2v) is 8.13. The molecule has 0 radical (unpaired) electrons. The maximum atomic E-state index is 5.80. The Morgan fingerprint density at radius 3 is 2.42 bits per heavy atom.